The number of rotatable bonds is 7. The van der Waals surface area contributed by atoms with E-state index in [1.165, 1.54) is 19.1 Å². The molecule has 9 nitrogen and oxygen atoms in total. The number of alkyl halides is 3. The van der Waals surface area contributed by atoms with Crippen LogP contribution in [-0.2, 0) is 11.0 Å². The highest BCUT2D eigenvalue weighted by Crippen LogP contribution is 2.45. The summed E-state index contributed by atoms with van der Waals surface area (Å²) in [5, 5.41) is 10.1. The van der Waals surface area contributed by atoms with Gasteiger partial charge in [-0.3, -0.25) is 14.3 Å². The molecule has 1 aromatic heterocycles. The lowest BCUT2D eigenvalue weighted by molar-refractivity contribution is -0.138. The number of piperidine rings is 1. The van der Waals surface area contributed by atoms with E-state index >= 15 is 0 Å². The average molecular weight is 561 g/mol. The van der Waals surface area contributed by atoms with Gasteiger partial charge < -0.3 is 20.4 Å². The van der Waals surface area contributed by atoms with Gasteiger partial charge in [-0.2, -0.15) is 18.3 Å². The number of hydrogen-bond acceptors (Lipinski definition) is 4. The molecule has 5 rings (SSSR count). The predicted octanol–water partition coefficient (Wildman–Crippen LogP) is 4.24. The third-order valence-corrected chi connectivity index (χ3v) is 8.04. The van der Waals surface area contributed by atoms with Crippen LogP contribution >= 0.6 is 0 Å². The number of amides is 4. The fourth-order valence-corrected chi connectivity index (χ4v) is 5.96. The van der Waals surface area contributed by atoms with E-state index in [0.717, 1.165) is 24.6 Å². The highest BCUT2D eigenvalue weighted by atomic mass is 19.4. The first-order chi connectivity index (χ1) is 19.1. The summed E-state index contributed by atoms with van der Waals surface area (Å²) in [4.78, 5) is 40.7. The topological polar surface area (TPSA) is 99.6 Å². The summed E-state index contributed by atoms with van der Waals surface area (Å²) >= 11 is 0. The van der Waals surface area contributed by atoms with Gasteiger partial charge in [-0.15, -0.1) is 0 Å². The molecule has 0 bridgehead atoms. The molecule has 2 saturated heterocycles. The predicted molar refractivity (Wildman–Crippen MR) is 141 cm³/mol. The van der Waals surface area contributed by atoms with Crippen molar-refractivity contribution in [2.75, 3.05) is 32.7 Å². The molecule has 1 aliphatic carbocycles. The Morgan fingerprint density at radius 1 is 0.975 bits per heavy atom. The number of halogens is 3. The molecule has 4 amide bonds. The number of likely N-dealkylation sites (tertiary alicyclic amines) is 2. The van der Waals surface area contributed by atoms with E-state index in [4.69, 9.17) is 0 Å². The molecule has 3 fully saturated rings. The number of carbonyl (C=O) groups excluding carboxylic acids is 3. The summed E-state index contributed by atoms with van der Waals surface area (Å²) in [6.45, 7) is 3.61. The lowest BCUT2D eigenvalue weighted by Gasteiger charge is -2.33. The summed E-state index contributed by atoms with van der Waals surface area (Å²) < 4.78 is 43.2. The van der Waals surface area contributed by atoms with E-state index in [2.05, 4.69) is 15.7 Å². The van der Waals surface area contributed by atoms with Crippen LogP contribution in [-0.4, -0.2) is 70.1 Å². The minimum Gasteiger partial charge on any atom is -0.355 e. The summed E-state index contributed by atoms with van der Waals surface area (Å²) in [5.74, 6) is -0.200. The van der Waals surface area contributed by atoms with Gasteiger partial charge in [0, 0.05) is 45.6 Å². The Labute approximate surface area is 231 Å². The maximum atomic E-state index is 13.9. The van der Waals surface area contributed by atoms with Gasteiger partial charge in [-0.1, -0.05) is 18.2 Å². The monoisotopic (exact) mass is 560 g/mol. The Hall–Kier alpha value is -3.57. The Morgan fingerprint density at radius 3 is 2.35 bits per heavy atom. The van der Waals surface area contributed by atoms with Crippen molar-refractivity contribution in [1.29, 1.82) is 0 Å². The van der Waals surface area contributed by atoms with Gasteiger partial charge >= 0.3 is 12.2 Å². The zero-order chi connectivity index (χ0) is 28.4. The van der Waals surface area contributed by atoms with Crippen LogP contribution in [0.3, 0.4) is 0 Å². The van der Waals surface area contributed by atoms with Crippen molar-refractivity contribution in [3.63, 3.8) is 0 Å². The van der Waals surface area contributed by atoms with Gasteiger partial charge in [0.25, 0.3) is 5.91 Å². The third-order valence-electron chi connectivity index (χ3n) is 8.04. The largest absolute Gasteiger partial charge is 0.416 e. The van der Waals surface area contributed by atoms with E-state index in [-0.39, 0.29) is 35.4 Å². The van der Waals surface area contributed by atoms with Crippen LogP contribution in [0.25, 0.3) is 0 Å². The van der Waals surface area contributed by atoms with Crippen LogP contribution in [0.1, 0.15) is 90.6 Å². The first kappa shape index (κ1) is 28.0. The van der Waals surface area contributed by atoms with E-state index in [1.807, 2.05) is 4.68 Å². The average Bonchev–Trinajstić information content (AvgIpc) is 3.48. The van der Waals surface area contributed by atoms with Gasteiger partial charge in [0.1, 0.15) is 0 Å². The second kappa shape index (κ2) is 11.5. The lowest BCUT2D eigenvalue weighted by Crippen LogP contribution is -2.46. The second-order valence-electron chi connectivity index (χ2n) is 10.8. The van der Waals surface area contributed by atoms with E-state index in [1.54, 1.807) is 22.1 Å². The molecule has 1 unspecified atom stereocenters. The van der Waals surface area contributed by atoms with Crippen LogP contribution in [0.2, 0.25) is 0 Å². The smallest absolute Gasteiger partial charge is 0.355 e. The van der Waals surface area contributed by atoms with Gasteiger partial charge in [0.15, 0.2) is 0 Å². The van der Waals surface area contributed by atoms with Crippen LogP contribution in [0.5, 0.6) is 0 Å². The Kier molecular flexibility index (Phi) is 8.04. The lowest BCUT2D eigenvalue weighted by atomic mass is 9.97. The molecule has 0 radical (unpaired) electrons. The summed E-state index contributed by atoms with van der Waals surface area (Å²) in [6, 6.07) is 4.75. The number of benzene rings is 1. The molecule has 1 saturated carbocycles. The molecule has 40 heavy (non-hydrogen) atoms. The highest BCUT2D eigenvalue weighted by Gasteiger charge is 2.42. The molecule has 216 valence electrons. The second-order valence-corrected chi connectivity index (χ2v) is 10.8. The Morgan fingerprint density at radius 2 is 1.68 bits per heavy atom. The van der Waals surface area contributed by atoms with E-state index in [0.29, 0.717) is 64.0 Å². The normalized spacial score (nSPS) is 20.1. The van der Waals surface area contributed by atoms with Gasteiger partial charge in [0.05, 0.1) is 35.1 Å². The van der Waals surface area contributed by atoms with Gasteiger partial charge in [-0.05, 0) is 50.2 Å². The van der Waals surface area contributed by atoms with Crippen molar-refractivity contribution < 1.29 is 27.6 Å². The molecule has 12 heteroatoms. The molecular formula is C28H35F3N6O3. The minimum atomic E-state index is -4.49. The van der Waals surface area contributed by atoms with Crippen molar-refractivity contribution in [3.8, 4) is 0 Å². The Bertz CT molecular complexity index is 1250. The zero-order valence-corrected chi connectivity index (χ0v) is 22.5. The fourth-order valence-electron chi connectivity index (χ4n) is 5.96. The zero-order valence-electron chi connectivity index (χ0n) is 22.5. The summed E-state index contributed by atoms with van der Waals surface area (Å²) in [6.07, 6.45) is 1.47. The van der Waals surface area contributed by atoms with Gasteiger partial charge in [-0.25, -0.2) is 4.79 Å². The summed E-state index contributed by atoms with van der Waals surface area (Å²) in [5.41, 5.74) is 0.808. The SMILES string of the molecule is CC(=O)NCCNC(=O)N1CCC(n2ncc(C(=O)N3CCCC3c3ccccc3C(F)(F)F)c2C2CC2)CC1. The number of aromatic nitrogens is 2. The van der Waals surface area contributed by atoms with Crippen LogP contribution in [0.15, 0.2) is 30.5 Å². The number of nitrogens with zero attached hydrogens (tertiary/aromatic N) is 4. The molecule has 0 spiro atoms. The van der Waals surface area contributed by atoms with Crippen molar-refractivity contribution in [2.24, 2.45) is 0 Å². The first-order valence-corrected chi connectivity index (χ1v) is 14.0. The molecule has 3 aliphatic rings. The van der Waals surface area contributed by atoms with Crippen molar-refractivity contribution >= 4 is 17.8 Å². The molecule has 1 atom stereocenters. The standard InChI is InChI=1S/C28H35F3N6O3/c1-18(38)32-12-13-33-27(40)35-15-10-20(11-16-35)37-25(19-8-9-19)22(17-34-37)26(39)36-14-4-7-24(36)21-5-2-3-6-23(21)28(29,30)31/h2-3,5-6,17,19-20,24H,4,7-16H2,1H3,(H,32,38)(H,33,40). The molecule has 1 aromatic carbocycles. The fraction of sp³-hybridized carbons (Fsp3) is 0.571. The Balaban J connectivity index is 1.29. The van der Waals surface area contributed by atoms with Crippen molar-refractivity contribution in [3.05, 3.63) is 52.8 Å². The molecule has 3 heterocycles. The first-order valence-electron chi connectivity index (χ1n) is 14.0. The third kappa shape index (κ3) is 5.95. The highest BCUT2D eigenvalue weighted by molar-refractivity contribution is 5.96. The van der Waals surface area contributed by atoms with Crippen LogP contribution in [0.4, 0.5) is 18.0 Å². The minimum absolute atomic E-state index is 0.0286. The number of carbonyl (C=O) groups is 3. The quantitative estimate of drug-likeness (QED) is 0.495. The van der Waals surface area contributed by atoms with Crippen LogP contribution in [0, 0.1) is 0 Å². The molecule has 2 aliphatic heterocycles. The maximum Gasteiger partial charge on any atom is 0.416 e. The number of hydrogen-bond donors (Lipinski definition) is 2. The van der Waals surface area contributed by atoms with E-state index < -0.39 is 17.8 Å². The van der Waals surface area contributed by atoms with E-state index in [9.17, 15) is 27.6 Å². The summed E-state index contributed by atoms with van der Waals surface area (Å²) in [7, 11) is 0. The molecular weight excluding hydrogens is 525 g/mol. The van der Waals surface area contributed by atoms with Crippen molar-refractivity contribution in [1.82, 2.24) is 30.2 Å². The number of urea groups is 1. The van der Waals surface area contributed by atoms with Gasteiger partial charge in [0.2, 0.25) is 5.91 Å². The number of nitrogens with one attached hydrogen (secondary N) is 2. The van der Waals surface area contributed by atoms with Crippen molar-refractivity contribution in [2.45, 2.75) is 69.6 Å². The maximum absolute atomic E-state index is 13.9. The molecule has 2 aromatic rings. The molecule has 2 N–H and O–H groups in total. The van der Waals surface area contributed by atoms with Crippen LogP contribution < -0.4 is 10.6 Å².